The van der Waals surface area contributed by atoms with Gasteiger partial charge in [-0.05, 0) is 92.9 Å². The maximum absolute atomic E-state index is 13.7. The normalized spacial score (nSPS) is 16.4. The van der Waals surface area contributed by atoms with Crippen molar-refractivity contribution in [1.29, 1.82) is 0 Å². The summed E-state index contributed by atoms with van der Waals surface area (Å²) in [6.45, 7) is 8.67. The molecule has 2 heterocycles. The van der Waals surface area contributed by atoms with Crippen molar-refractivity contribution < 1.29 is 27.0 Å². The quantitative estimate of drug-likeness (QED) is 0.278. The van der Waals surface area contributed by atoms with Crippen molar-refractivity contribution in [3.63, 3.8) is 0 Å². The molecule has 50 heavy (non-hydrogen) atoms. The van der Waals surface area contributed by atoms with Crippen LogP contribution >= 0.6 is 23.2 Å². The van der Waals surface area contributed by atoms with E-state index in [9.17, 15) is 22.2 Å². The summed E-state index contributed by atoms with van der Waals surface area (Å²) in [6, 6.07) is 17.2. The third-order valence-electron chi connectivity index (χ3n) is 8.31. The summed E-state index contributed by atoms with van der Waals surface area (Å²) in [5, 5.41) is 3.99. The van der Waals surface area contributed by atoms with Crippen LogP contribution in [0.1, 0.15) is 43.1 Å². The SMILES string of the molecule is CN(c1ccc(C2=CCN(C(=O)OC(C)(C)C)CC2)cc1C(=O)Nc1ccc(S(=O)N2CCN(c3cc(Cl)cc(Cl)c3)CC2)cc1)S(C)(=O)=O. The Morgan fingerprint density at radius 1 is 0.920 bits per heavy atom. The number of ether oxygens (including phenoxy) is 1. The number of amides is 2. The number of carbonyl (C=O) groups excluding carboxylic acids is 2. The number of hydrogen-bond acceptors (Lipinski definition) is 7. The highest BCUT2D eigenvalue weighted by Crippen LogP contribution is 2.31. The molecule has 11 nitrogen and oxygen atoms in total. The van der Waals surface area contributed by atoms with Crippen molar-refractivity contribution in [1.82, 2.24) is 9.21 Å². The summed E-state index contributed by atoms with van der Waals surface area (Å²) in [6.07, 6.45) is 3.12. The van der Waals surface area contributed by atoms with Gasteiger partial charge in [-0.25, -0.2) is 21.7 Å². The zero-order valence-corrected chi connectivity index (χ0v) is 31.8. The van der Waals surface area contributed by atoms with Gasteiger partial charge >= 0.3 is 6.09 Å². The number of anilines is 3. The van der Waals surface area contributed by atoms with E-state index >= 15 is 0 Å². The van der Waals surface area contributed by atoms with E-state index in [1.807, 2.05) is 43.3 Å². The van der Waals surface area contributed by atoms with Crippen molar-refractivity contribution in [3.05, 3.63) is 87.9 Å². The first-order chi connectivity index (χ1) is 23.5. The monoisotopic (exact) mass is 761 g/mol. The second-order valence-corrected chi connectivity index (χ2v) is 17.5. The Labute approximate surface area is 306 Å². The Kier molecular flexibility index (Phi) is 11.5. The van der Waals surface area contributed by atoms with Gasteiger partial charge in [0.25, 0.3) is 5.91 Å². The lowest BCUT2D eigenvalue weighted by Gasteiger charge is -2.35. The third-order valence-corrected chi connectivity index (χ3v) is 11.4. The molecule has 268 valence electrons. The molecule has 0 bridgehead atoms. The summed E-state index contributed by atoms with van der Waals surface area (Å²) in [5.74, 6) is -0.504. The van der Waals surface area contributed by atoms with Gasteiger partial charge in [-0.2, -0.15) is 0 Å². The molecular weight excluding hydrogens is 721 g/mol. The summed E-state index contributed by atoms with van der Waals surface area (Å²) < 4.78 is 46.8. The summed E-state index contributed by atoms with van der Waals surface area (Å²) in [4.78, 5) is 30.6. The number of sulfonamides is 1. The maximum Gasteiger partial charge on any atom is 0.410 e. The van der Waals surface area contributed by atoms with Gasteiger partial charge in [0.05, 0.1) is 22.4 Å². The molecule has 1 N–H and O–H groups in total. The highest BCUT2D eigenvalue weighted by atomic mass is 35.5. The van der Waals surface area contributed by atoms with E-state index in [2.05, 4.69) is 10.2 Å². The van der Waals surface area contributed by atoms with Crippen LogP contribution in [0.4, 0.5) is 21.9 Å². The van der Waals surface area contributed by atoms with E-state index in [1.165, 1.54) is 7.05 Å². The number of hydrogen-bond donors (Lipinski definition) is 1. The summed E-state index contributed by atoms with van der Waals surface area (Å²) in [7, 11) is -3.69. The Balaban J connectivity index is 1.28. The summed E-state index contributed by atoms with van der Waals surface area (Å²) >= 11 is 12.3. The first-order valence-corrected chi connectivity index (χ1v) is 19.7. The lowest BCUT2D eigenvalue weighted by atomic mass is 9.96. The Morgan fingerprint density at radius 3 is 2.12 bits per heavy atom. The van der Waals surface area contributed by atoms with E-state index < -0.39 is 38.6 Å². The van der Waals surface area contributed by atoms with Gasteiger partial charge in [0, 0.05) is 67.7 Å². The van der Waals surface area contributed by atoms with Gasteiger partial charge in [-0.15, -0.1) is 0 Å². The van der Waals surface area contributed by atoms with Crippen LogP contribution < -0.4 is 14.5 Å². The molecule has 0 radical (unpaired) electrons. The number of benzene rings is 3. The largest absolute Gasteiger partial charge is 0.444 e. The minimum atomic E-state index is -3.68. The molecule has 1 saturated heterocycles. The zero-order chi connectivity index (χ0) is 36.4. The molecule has 1 fully saturated rings. The molecule has 2 amide bonds. The molecule has 3 aromatic rings. The van der Waals surface area contributed by atoms with Crippen LogP contribution in [-0.2, 0) is 25.7 Å². The third kappa shape index (κ3) is 9.38. The molecule has 0 saturated carbocycles. The molecule has 1 atom stereocenters. The lowest BCUT2D eigenvalue weighted by Crippen LogP contribution is -2.46. The van der Waals surface area contributed by atoms with Crippen molar-refractivity contribution in [2.75, 3.05) is 67.1 Å². The lowest BCUT2D eigenvalue weighted by molar-refractivity contribution is 0.0270. The molecule has 2 aliphatic heterocycles. The second kappa shape index (κ2) is 15.3. The molecule has 2 aliphatic rings. The molecule has 3 aromatic carbocycles. The zero-order valence-electron chi connectivity index (χ0n) is 28.6. The number of nitrogens with zero attached hydrogens (tertiary/aromatic N) is 4. The van der Waals surface area contributed by atoms with Crippen LogP contribution in [0.15, 0.2) is 71.6 Å². The summed E-state index contributed by atoms with van der Waals surface area (Å²) in [5.41, 5.74) is 2.83. The van der Waals surface area contributed by atoms with Gasteiger partial charge in [0.15, 0.2) is 0 Å². The highest BCUT2D eigenvalue weighted by molar-refractivity contribution is 7.92. The minimum Gasteiger partial charge on any atom is -0.444 e. The van der Waals surface area contributed by atoms with Crippen LogP contribution in [0.3, 0.4) is 0 Å². The Bertz CT molecular complexity index is 1900. The van der Waals surface area contributed by atoms with Crippen LogP contribution in [-0.4, -0.2) is 92.0 Å². The molecule has 5 rings (SSSR count). The van der Waals surface area contributed by atoms with Crippen molar-refractivity contribution >= 4 is 78.8 Å². The Hall–Kier alpha value is -3.62. The van der Waals surface area contributed by atoms with Gasteiger partial charge in [-0.3, -0.25) is 9.10 Å². The highest BCUT2D eigenvalue weighted by Gasteiger charge is 2.27. The topological polar surface area (TPSA) is 120 Å². The molecule has 1 unspecified atom stereocenters. The van der Waals surface area contributed by atoms with E-state index in [1.54, 1.807) is 53.4 Å². The smallest absolute Gasteiger partial charge is 0.410 e. The van der Waals surface area contributed by atoms with E-state index in [4.69, 9.17) is 27.9 Å². The predicted octanol–water partition coefficient (Wildman–Crippen LogP) is 6.51. The minimum absolute atomic E-state index is 0.164. The standard InChI is InChI=1S/C35H41Cl2N5O6S2/c1-35(2,3)48-34(44)41-14-12-24(13-15-41)25-6-11-32(39(4)50(5,46)47)31(20-25)33(43)38-28-7-9-30(10-8-28)49(45)42-18-16-40(17-19-42)29-22-26(36)21-27(37)23-29/h6-12,20-23H,13-19H2,1-5H3,(H,38,43). The predicted molar refractivity (Wildman–Crippen MR) is 201 cm³/mol. The van der Waals surface area contributed by atoms with Crippen molar-refractivity contribution in [2.24, 2.45) is 0 Å². The van der Waals surface area contributed by atoms with Crippen LogP contribution in [0.25, 0.3) is 5.57 Å². The number of piperazine rings is 1. The number of carbonyl (C=O) groups is 2. The average molecular weight is 763 g/mol. The van der Waals surface area contributed by atoms with E-state index in [0.717, 1.165) is 27.4 Å². The first-order valence-electron chi connectivity index (χ1n) is 16.0. The van der Waals surface area contributed by atoms with Gasteiger partial charge in [0.2, 0.25) is 10.0 Å². The number of halogens is 2. The molecular formula is C35H41Cl2N5O6S2. The fourth-order valence-electron chi connectivity index (χ4n) is 5.63. The second-order valence-electron chi connectivity index (χ2n) is 13.1. The van der Waals surface area contributed by atoms with E-state index in [0.29, 0.717) is 66.3 Å². The van der Waals surface area contributed by atoms with Crippen molar-refractivity contribution in [2.45, 2.75) is 37.7 Å². The van der Waals surface area contributed by atoms with Gasteiger partial charge in [-0.1, -0.05) is 35.3 Å². The fraction of sp³-hybridized carbons (Fsp3) is 0.371. The number of nitrogens with one attached hydrogen (secondary N) is 1. The molecule has 0 aliphatic carbocycles. The van der Waals surface area contributed by atoms with Crippen molar-refractivity contribution in [3.8, 4) is 0 Å². The maximum atomic E-state index is 13.7. The molecule has 0 spiro atoms. The number of rotatable bonds is 8. The van der Waals surface area contributed by atoms with E-state index in [-0.39, 0.29) is 11.3 Å². The van der Waals surface area contributed by atoms with Gasteiger partial charge in [0.1, 0.15) is 16.6 Å². The van der Waals surface area contributed by atoms with Crippen LogP contribution in [0, 0.1) is 0 Å². The molecule has 15 heteroatoms. The first kappa shape index (κ1) is 37.6. The van der Waals surface area contributed by atoms with Crippen LogP contribution in [0.5, 0.6) is 0 Å². The fourth-order valence-corrected chi connectivity index (χ4v) is 7.82. The van der Waals surface area contributed by atoms with Gasteiger partial charge < -0.3 is 19.9 Å². The molecule has 0 aromatic heterocycles. The Morgan fingerprint density at radius 2 is 1.56 bits per heavy atom. The average Bonchev–Trinajstić information content (AvgIpc) is 3.06. The van der Waals surface area contributed by atoms with Crippen LogP contribution in [0.2, 0.25) is 10.0 Å².